The lowest BCUT2D eigenvalue weighted by molar-refractivity contribution is -0.133. The number of carbonyl (C=O) groups is 1. The molecule has 1 heterocycles. The predicted molar refractivity (Wildman–Crippen MR) is 77.6 cm³/mol. The molecule has 0 spiro atoms. The van der Waals surface area contributed by atoms with Gasteiger partial charge in [0, 0.05) is 18.5 Å². The molecule has 0 aromatic heterocycles. The summed E-state index contributed by atoms with van der Waals surface area (Å²) in [5.74, 6) is 0.773. The monoisotopic (exact) mass is 255 g/mol. The van der Waals surface area contributed by atoms with Gasteiger partial charge in [0.05, 0.1) is 0 Å². The molecule has 100 valence electrons. The first-order valence-corrected chi connectivity index (χ1v) is 7.36. The lowest BCUT2D eigenvalue weighted by Gasteiger charge is -2.23. The summed E-state index contributed by atoms with van der Waals surface area (Å²) in [5, 5.41) is 0. The standard InChI is InChI=1S/C17H21NO/c19-17(15-11-12-15)18-13-5-10-16(18)9-4-8-14-6-2-1-3-7-14/h1-4,6-8,15-16H,5,9-13H2/b8-4-. The van der Waals surface area contributed by atoms with Gasteiger partial charge in [-0.1, -0.05) is 42.5 Å². The van der Waals surface area contributed by atoms with E-state index in [-0.39, 0.29) is 0 Å². The van der Waals surface area contributed by atoms with E-state index in [1.807, 2.05) is 6.07 Å². The molecule has 1 saturated carbocycles. The molecule has 2 fully saturated rings. The van der Waals surface area contributed by atoms with Crippen LogP contribution in [0.3, 0.4) is 0 Å². The minimum absolute atomic E-state index is 0.360. The van der Waals surface area contributed by atoms with Gasteiger partial charge in [0.15, 0.2) is 0 Å². The maximum Gasteiger partial charge on any atom is 0.225 e. The highest BCUT2D eigenvalue weighted by Crippen LogP contribution is 2.34. The Morgan fingerprint density at radius 3 is 2.74 bits per heavy atom. The van der Waals surface area contributed by atoms with Crippen molar-refractivity contribution in [2.75, 3.05) is 6.54 Å². The molecule has 1 atom stereocenters. The van der Waals surface area contributed by atoms with Crippen molar-refractivity contribution in [1.29, 1.82) is 0 Å². The van der Waals surface area contributed by atoms with Crippen LogP contribution in [0, 0.1) is 5.92 Å². The van der Waals surface area contributed by atoms with Crippen molar-refractivity contribution in [2.45, 2.75) is 38.1 Å². The van der Waals surface area contributed by atoms with E-state index >= 15 is 0 Å². The van der Waals surface area contributed by atoms with E-state index in [0.29, 0.717) is 17.9 Å². The van der Waals surface area contributed by atoms with E-state index in [1.165, 1.54) is 12.0 Å². The summed E-state index contributed by atoms with van der Waals surface area (Å²) in [6, 6.07) is 10.8. The summed E-state index contributed by atoms with van der Waals surface area (Å²) in [6.07, 6.45) is 9.94. The molecule has 1 unspecified atom stereocenters. The molecule has 3 rings (SSSR count). The van der Waals surface area contributed by atoms with Crippen molar-refractivity contribution >= 4 is 12.0 Å². The van der Waals surface area contributed by atoms with Gasteiger partial charge in [-0.15, -0.1) is 0 Å². The highest BCUT2D eigenvalue weighted by atomic mass is 16.2. The van der Waals surface area contributed by atoms with Crippen LogP contribution in [0.5, 0.6) is 0 Å². The van der Waals surface area contributed by atoms with Gasteiger partial charge in [0.2, 0.25) is 5.91 Å². The van der Waals surface area contributed by atoms with Crippen LogP contribution in [-0.2, 0) is 4.79 Å². The summed E-state index contributed by atoms with van der Waals surface area (Å²) in [5.41, 5.74) is 1.24. The second-order valence-corrected chi connectivity index (χ2v) is 5.65. The number of benzene rings is 1. The molecule has 1 aliphatic heterocycles. The van der Waals surface area contributed by atoms with Crippen LogP contribution < -0.4 is 0 Å². The number of hydrogen-bond acceptors (Lipinski definition) is 1. The number of nitrogens with zero attached hydrogens (tertiary/aromatic N) is 1. The molecule has 1 aromatic carbocycles. The van der Waals surface area contributed by atoms with Gasteiger partial charge in [0.1, 0.15) is 0 Å². The van der Waals surface area contributed by atoms with Crippen LogP contribution >= 0.6 is 0 Å². The fourth-order valence-corrected chi connectivity index (χ4v) is 2.86. The highest BCUT2D eigenvalue weighted by molar-refractivity contribution is 5.81. The fourth-order valence-electron chi connectivity index (χ4n) is 2.86. The molecule has 2 aliphatic rings. The third-order valence-corrected chi connectivity index (χ3v) is 4.10. The molecule has 1 aliphatic carbocycles. The maximum atomic E-state index is 12.2. The summed E-state index contributed by atoms with van der Waals surface area (Å²) in [7, 11) is 0. The largest absolute Gasteiger partial charge is 0.339 e. The number of likely N-dealkylation sites (tertiary alicyclic amines) is 1. The Labute approximate surface area is 115 Å². The first-order valence-electron chi connectivity index (χ1n) is 7.36. The van der Waals surface area contributed by atoms with Gasteiger partial charge in [0.25, 0.3) is 0 Å². The van der Waals surface area contributed by atoms with Gasteiger partial charge in [-0.3, -0.25) is 4.79 Å². The molecule has 0 bridgehead atoms. The van der Waals surface area contributed by atoms with Gasteiger partial charge in [-0.2, -0.15) is 0 Å². The summed E-state index contributed by atoms with van der Waals surface area (Å²) < 4.78 is 0. The molecular weight excluding hydrogens is 234 g/mol. The zero-order chi connectivity index (χ0) is 13.1. The average Bonchev–Trinajstić information content (AvgIpc) is 3.19. The summed E-state index contributed by atoms with van der Waals surface area (Å²) in [6.45, 7) is 0.971. The van der Waals surface area contributed by atoms with Crippen molar-refractivity contribution in [1.82, 2.24) is 4.90 Å². The van der Waals surface area contributed by atoms with Crippen LogP contribution in [0.4, 0.5) is 0 Å². The normalized spacial score (nSPS) is 23.2. The molecule has 19 heavy (non-hydrogen) atoms. The van der Waals surface area contributed by atoms with Crippen LogP contribution in [0.2, 0.25) is 0 Å². The molecule has 1 saturated heterocycles. The second-order valence-electron chi connectivity index (χ2n) is 5.65. The van der Waals surface area contributed by atoms with Gasteiger partial charge in [-0.25, -0.2) is 0 Å². The Bertz CT molecular complexity index is 461. The van der Waals surface area contributed by atoms with Gasteiger partial charge >= 0.3 is 0 Å². The molecule has 2 nitrogen and oxygen atoms in total. The van der Waals surface area contributed by atoms with Gasteiger partial charge in [-0.05, 0) is 37.7 Å². The van der Waals surface area contributed by atoms with E-state index in [2.05, 4.69) is 41.3 Å². The lowest BCUT2D eigenvalue weighted by atomic mass is 10.1. The third-order valence-electron chi connectivity index (χ3n) is 4.10. The topological polar surface area (TPSA) is 20.3 Å². The molecule has 1 amide bonds. The first-order chi connectivity index (χ1) is 9.34. The Morgan fingerprint density at radius 1 is 1.21 bits per heavy atom. The van der Waals surface area contributed by atoms with Crippen LogP contribution in [0.25, 0.3) is 6.08 Å². The van der Waals surface area contributed by atoms with Crippen molar-refractivity contribution in [3.8, 4) is 0 Å². The SMILES string of the molecule is O=C(C1CC1)N1CCCC1C/C=C\c1ccccc1. The highest BCUT2D eigenvalue weighted by Gasteiger charge is 2.37. The molecule has 1 aromatic rings. The Balaban J connectivity index is 1.56. The van der Waals surface area contributed by atoms with E-state index in [9.17, 15) is 4.79 Å². The van der Waals surface area contributed by atoms with E-state index in [1.54, 1.807) is 0 Å². The van der Waals surface area contributed by atoms with E-state index in [4.69, 9.17) is 0 Å². The van der Waals surface area contributed by atoms with Gasteiger partial charge < -0.3 is 4.90 Å². The Morgan fingerprint density at radius 2 is 2.00 bits per heavy atom. The van der Waals surface area contributed by atoms with E-state index < -0.39 is 0 Å². The minimum atomic E-state index is 0.360. The quantitative estimate of drug-likeness (QED) is 0.806. The molecule has 0 N–H and O–H groups in total. The fraction of sp³-hybridized carbons (Fsp3) is 0.471. The second kappa shape index (κ2) is 5.60. The van der Waals surface area contributed by atoms with Crippen molar-refractivity contribution in [2.24, 2.45) is 5.92 Å². The van der Waals surface area contributed by atoms with Crippen LogP contribution in [0.1, 0.15) is 37.7 Å². The lowest BCUT2D eigenvalue weighted by Crippen LogP contribution is -2.36. The summed E-state index contributed by atoms with van der Waals surface area (Å²) >= 11 is 0. The molecule has 0 radical (unpaired) electrons. The molecule has 2 heteroatoms. The Hall–Kier alpha value is -1.57. The number of rotatable bonds is 4. The van der Waals surface area contributed by atoms with Crippen molar-refractivity contribution < 1.29 is 4.79 Å². The minimum Gasteiger partial charge on any atom is -0.339 e. The number of carbonyl (C=O) groups excluding carboxylic acids is 1. The third kappa shape index (κ3) is 3.06. The Kier molecular flexibility index (Phi) is 3.67. The number of amides is 1. The average molecular weight is 255 g/mol. The smallest absolute Gasteiger partial charge is 0.225 e. The molecular formula is C17H21NO. The summed E-state index contributed by atoms with van der Waals surface area (Å²) in [4.78, 5) is 14.3. The number of hydrogen-bond donors (Lipinski definition) is 0. The zero-order valence-electron chi connectivity index (χ0n) is 11.3. The van der Waals surface area contributed by atoms with Crippen LogP contribution in [-0.4, -0.2) is 23.4 Å². The predicted octanol–water partition coefficient (Wildman–Crippen LogP) is 3.49. The van der Waals surface area contributed by atoms with Crippen molar-refractivity contribution in [3.05, 3.63) is 42.0 Å². The van der Waals surface area contributed by atoms with Crippen molar-refractivity contribution in [3.63, 3.8) is 0 Å². The maximum absolute atomic E-state index is 12.2. The van der Waals surface area contributed by atoms with Crippen LogP contribution in [0.15, 0.2) is 36.4 Å². The zero-order valence-corrected chi connectivity index (χ0v) is 11.3. The first kappa shape index (κ1) is 12.5. The van der Waals surface area contributed by atoms with E-state index in [0.717, 1.165) is 32.2 Å².